The number of nitrogens with zero attached hydrogens (tertiary/aromatic N) is 1. The first kappa shape index (κ1) is 25.1. The van der Waals surface area contributed by atoms with E-state index in [9.17, 15) is 14.4 Å². The molecule has 1 aliphatic heterocycles. The van der Waals surface area contributed by atoms with Crippen molar-refractivity contribution >= 4 is 40.6 Å². The minimum absolute atomic E-state index is 0.158. The summed E-state index contributed by atoms with van der Waals surface area (Å²) in [5.41, 5.74) is 3.61. The molecule has 0 saturated carbocycles. The number of thioether (sulfide) groups is 1. The second-order valence-electron chi connectivity index (χ2n) is 8.27. The highest BCUT2D eigenvalue weighted by Gasteiger charge is 2.34. The first-order chi connectivity index (χ1) is 17.4. The Morgan fingerprint density at radius 1 is 0.917 bits per heavy atom. The minimum Gasteiger partial charge on any atom is -0.492 e. The molecule has 3 aromatic rings. The molecule has 8 heteroatoms. The van der Waals surface area contributed by atoms with Crippen LogP contribution in [0.5, 0.6) is 11.5 Å². The highest BCUT2D eigenvalue weighted by atomic mass is 32.2. The molecule has 3 aromatic carbocycles. The van der Waals surface area contributed by atoms with E-state index in [1.165, 1.54) is 4.90 Å². The largest absolute Gasteiger partial charge is 0.492 e. The van der Waals surface area contributed by atoms with E-state index < -0.39 is 0 Å². The van der Waals surface area contributed by atoms with Gasteiger partial charge in [-0.1, -0.05) is 47.5 Å². The molecule has 4 rings (SSSR count). The zero-order chi connectivity index (χ0) is 25.5. The summed E-state index contributed by atoms with van der Waals surface area (Å²) in [7, 11) is 0. The summed E-state index contributed by atoms with van der Waals surface area (Å²) >= 11 is 0.889. The van der Waals surface area contributed by atoms with E-state index in [2.05, 4.69) is 5.32 Å². The number of anilines is 1. The van der Waals surface area contributed by atoms with Gasteiger partial charge in [-0.15, -0.1) is 0 Å². The van der Waals surface area contributed by atoms with Crippen molar-refractivity contribution in [3.05, 3.63) is 94.4 Å². The molecule has 0 aliphatic carbocycles. The maximum atomic E-state index is 12.8. The molecule has 0 aromatic heterocycles. The summed E-state index contributed by atoms with van der Waals surface area (Å²) in [6.07, 6.45) is 1.64. The summed E-state index contributed by atoms with van der Waals surface area (Å²) in [5.74, 6) is 0.528. The van der Waals surface area contributed by atoms with Crippen molar-refractivity contribution in [2.75, 3.05) is 25.1 Å². The van der Waals surface area contributed by atoms with Crippen molar-refractivity contribution in [3.63, 3.8) is 0 Å². The molecule has 0 bridgehead atoms. The fourth-order valence-corrected chi connectivity index (χ4v) is 4.28. The van der Waals surface area contributed by atoms with Gasteiger partial charge in [0.15, 0.2) is 6.61 Å². The van der Waals surface area contributed by atoms with Gasteiger partial charge in [0, 0.05) is 5.69 Å². The number of carbonyl (C=O) groups is 3. The van der Waals surface area contributed by atoms with Crippen molar-refractivity contribution in [1.29, 1.82) is 0 Å². The van der Waals surface area contributed by atoms with E-state index in [0.29, 0.717) is 27.7 Å². The third kappa shape index (κ3) is 6.76. The average Bonchev–Trinajstić information content (AvgIpc) is 3.13. The monoisotopic (exact) mass is 502 g/mol. The van der Waals surface area contributed by atoms with Gasteiger partial charge in [-0.05, 0) is 73.6 Å². The molecule has 1 saturated heterocycles. The van der Waals surface area contributed by atoms with Crippen LogP contribution in [0.25, 0.3) is 6.08 Å². The molecule has 1 heterocycles. The van der Waals surface area contributed by atoms with E-state index in [-0.39, 0.29) is 36.8 Å². The standard InChI is InChI=1S/C28H26N2O5S/c1-19-6-10-22(11-7-19)29-26(31)18-35-24-5-3-4-21(16-24)17-25-27(32)30(28(33)36-25)14-15-34-23-12-8-20(2)9-13-23/h3-13,16-17H,14-15,18H2,1-2H3,(H,29,31)/b25-17-. The number of ether oxygens (including phenoxy) is 2. The quantitative estimate of drug-likeness (QED) is 0.393. The number of nitrogens with one attached hydrogen (secondary N) is 1. The van der Waals surface area contributed by atoms with Crippen LogP contribution in [0.2, 0.25) is 0 Å². The molecular formula is C28H26N2O5S. The fourth-order valence-electron chi connectivity index (χ4n) is 3.41. The number of imide groups is 1. The number of hydrogen-bond donors (Lipinski definition) is 1. The second-order valence-corrected chi connectivity index (χ2v) is 9.26. The van der Waals surface area contributed by atoms with Crippen molar-refractivity contribution in [3.8, 4) is 11.5 Å². The lowest BCUT2D eigenvalue weighted by Gasteiger charge is -2.13. The van der Waals surface area contributed by atoms with E-state index in [1.807, 2.05) is 62.4 Å². The first-order valence-electron chi connectivity index (χ1n) is 11.4. The maximum absolute atomic E-state index is 12.8. The Bertz CT molecular complexity index is 1290. The predicted octanol–water partition coefficient (Wildman–Crippen LogP) is 5.44. The smallest absolute Gasteiger partial charge is 0.293 e. The summed E-state index contributed by atoms with van der Waals surface area (Å²) in [6, 6.07) is 22.1. The van der Waals surface area contributed by atoms with Crippen LogP contribution in [-0.4, -0.2) is 41.7 Å². The highest BCUT2D eigenvalue weighted by Crippen LogP contribution is 2.32. The third-order valence-electron chi connectivity index (χ3n) is 5.34. The van der Waals surface area contributed by atoms with Crippen LogP contribution in [-0.2, 0) is 9.59 Å². The molecule has 7 nitrogen and oxygen atoms in total. The van der Waals surface area contributed by atoms with E-state index >= 15 is 0 Å². The van der Waals surface area contributed by atoms with Crippen molar-refractivity contribution < 1.29 is 23.9 Å². The summed E-state index contributed by atoms with van der Waals surface area (Å²) in [5, 5.41) is 2.45. The molecule has 0 unspecified atom stereocenters. The number of benzene rings is 3. The zero-order valence-corrected chi connectivity index (χ0v) is 20.8. The molecular weight excluding hydrogens is 476 g/mol. The molecule has 0 atom stereocenters. The van der Waals surface area contributed by atoms with Crippen molar-refractivity contribution in [1.82, 2.24) is 4.90 Å². The Labute approximate surface area is 214 Å². The molecule has 0 spiro atoms. The van der Waals surface area contributed by atoms with Gasteiger partial charge in [-0.2, -0.15) is 0 Å². The van der Waals surface area contributed by atoms with Gasteiger partial charge in [0.1, 0.15) is 18.1 Å². The van der Waals surface area contributed by atoms with Crippen LogP contribution < -0.4 is 14.8 Å². The maximum Gasteiger partial charge on any atom is 0.293 e. The van der Waals surface area contributed by atoms with Crippen molar-refractivity contribution in [2.24, 2.45) is 0 Å². The van der Waals surface area contributed by atoms with Crippen LogP contribution in [0, 0.1) is 13.8 Å². The molecule has 1 aliphatic rings. The Morgan fingerprint density at radius 3 is 2.33 bits per heavy atom. The lowest BCUT2D eigenvalue weighted by atomic mass is 10.2. The summed E-state index contributed by atoms with van der Waals surface area (Å²) in [6.45, 7) is 4.18. The van der Waals surface area contributed by atoms with Gasteiger partial charge in [-0.25, -0.2) is 0 Å². The van der Waals surface area contributed by atoms with Gasteiger partial charge >= 0.3 is 0 Å². The van der Waals surface area contributed by atoms with Crippen LogP contribution in [0.4, 0.5) is 10.5 Å². The molecule has 36 heavy (non-hydrogen) atoms. The van der Waals surface area contributed by atoms with Crippen LogP contribution in [0.1, 0.15) is 16.7 Å². The Kier molecular flexibility index (Phi) is 8.07. The van der Waals surface area contributed by atoms with Gasteiger partial charge < -0.3 is 14.8 Å². The molecule has 0 radical (unpaired) electrons. The Hall–Kier alpha value is -4.04. The lowest BCUT2D eigenvalue weighted by molar-refractivity contribution is -0.123. The molecule has 184 valence electrons. The van der Waals surface area contributed by atoms with Crippen LogP contribution in [0.3, 0.4) is 0 Å². The number of amides is 3. The van der Waals surface area contributed by atoms with Gasteiger partial charge in [-0.3, -0.25) is 19.3 Å². The minimum atomic E-state index is -0.360. The van der Waals surface area contributed by atoms with Crippen molar-refractivity contribution in [2.45, 2.75) is 13.8 Å². The van der Waals surface area contributed by atoms with E-state index in [0.717, 1.165) is 22.9 Å². The van der Waals surface area contributed by atoms with Crippen LogP contribution >= 0.6 is 11.8 Å². The highest BCUT2D eigenvalue weighted by molar-refractivity contribution is 8.18. The number of rotatable bonds is 9. The predicted molar refractivity (Wildman–Crippen MR) is 141 cm³/mol. The van der Waals surface area contributed by atoms with Gasteiger partial charge in [0.25, 0.3) is 17.1 Å². The van der Waals surface area contributed by atoms with Crippen LogP contribution in [0.15, 0.2) is 77.7 Å². The fraction of sp³-hybridized carbons (Fsp3) is 0.179. The second kappa shape index (κ2) is 11.6. The van der Waals surface area contributed by atoms with Gasteiger partial charge in [0.05, 0.1) is 11.4 Å². The Morgan fingerprint density at radius 2 is 1.61 bits per heavy atom. The topological polar surface area (TPSA) is 84.9 Å². The number of aryl methyl sites for hydroxylation is 2. The SMILES string of the molecule is Cc1ccc(NC(=O)COc2cccc(/C=C3\SC(=O)N(CCOc4ccc(C)cc4)C3=O)c2)cc1. The summed E-state index contributed by atoms with van der Waals surface area (Å²) < 4.78 is 11.3. The normalized spacial score (nSPS) is 14.3. The van der Waals surface area contributed by atoms with E-state index in [4.69, 9.17) is 9.47 Å². The number of carbonyl (C=O) groups excluding carboxylic acids is 3. The Balaban J connectivity index is 1.31. The zero-order valence-electron chi connectivity index (χ0n) is 20.0. The molecule has 1 N–H and O–H groups in total. The number of hydrogen-bond acceptors (Lipinski definition) is 6. The third-order valence-corrected chi connectivity index (χ3v) is 6.25. The first-order valence-corrected chi connectivity index (χ1v) is 12.2. The lowest BCUT2D eigenvalue weighted by Crippen LogP contribution is -2.32. The van der Waals surface area contributed by atoms with E-state index in [1.54, 1.807) is 30.3 Å². The summed E-state index contributed by atoms with van der Waals surface area (Å²) in [4.78, 5) is 38.9. The van der Waals surface area contributed by atoms with Gasteiger partial charge in [0.2, 0.25) is 0 Å². The molecule has 1 fully saturated rings. The average molecular weight is 503 g/mol. The molecule has 3 amide bonds.